The fraction of sp³-hybridized carbons (Fsp3) is 0. The molecule has 0 N–H and O–H groups in total. The lowest BCUT2D eigenvalue weighted by Crippen LogP contribution is -2.13. The Morgan fingerprint density at radius 1 is 0.475 bits per heavy atom. The highest BCUT2D eigenvalue weighted by Gasteiger charge is 2.19. The summed E-state index contributed by atoms with van der Waals surface area (Å²) in [5.41, 5.74) is 10.7. The van der Waals surface area contributed by atoms with Crippen molar-refractivity contribution in [2.75, 3.05) is 0 Å². The second kappa shape index (κ2) is 7.90. The molecule has 6 aromatic carbocycles. The number of rotatable bonds is 2. The third kappa shape index (κ3) is 2.85. The molecule has 0 aliphatic rings. The number of nitrogens with zero attached hydrogens (tertiary/aromatic N) is 1. The first-order valence-electron chi connectivity index (χ1n) is 13.6. The van der Waals surface area contributed by atoms with Crippen molar-refractivity contribution in [3.8, 4) is 16.8 Å². The van der Waals surface area contributed by atoms with Crippen molar-refractivity contribution in [2.45, 2.75) is 0 Å². The Balaban J connectivity index is 1.36. The third-order valence-electron chi connectivity index (χ3n) is 8.40. The average Bonchev–Trinajstić information content (AvgIpc) is 3.67. The first kappa shape index (κ1) is 21.7. The van der Waals surface area contributed by atoms with Crippen LogP contribution in [-0.4, -0.2) is 12.4 Å². The Hall–Kier alpha value is -5.22. The molecule has 0 unspecified atom stereocenters. The van der Waals surface area contributed by atoms with Gasteiger partial charge in [0.1, 0.15) is 30.2 Å². The molecular weight excluding hydrogens is 489 g/mol. The first-order chi connectivity index (χ1) is 19.8. The largest absolute Gasteiger partial charge is 0.456 e. The van der Waals surface area contributed by atoms with Crippen LogP contribution in [0.3, 0.4) is 0 Å². The van der Waals surface area contributed by atoms with Gasteiger partial charge in [-0.3, -0.25) is 0 Å². The van der Waals surface area contributed by atoms with E-state index in [1.54, 1.807) is 0 Å². The van der Waals surface area contributed by atoms with Crippen molar-refractivity contribution in [1.29, 1.82) is 0 Å². The van der Waals surface area contributed by atoms with E-state index in [9.17, 15) is 0 Å². The van der Waals surface area contributed by atoms with E-state index in [1.807, 2.05) is 12.1 Å². The van der Waals surface area contributed by atoms with Crippen LogP contribution in [0.4, 0.5) is 0 Å². The average molecular weight is 511 g/mol. The van der Waals surface area contributed by atoms with Crippen molar-refractivity contribution < 1.29 is 8.83 Å². The quantitative estimate of drug-likeness (QED) is 0.218. The molecule has 0 saturated carbocycles. The van der Waals surface area contributed by atoms with Crippen molar-refractivity contribution >= 4 is 79.0 Å². The fourth-order valence-electron chi connectivity index (χ4n) is 6.62. The van der Waals surface area contributed by atoms with Gasteiger partial charge in [-0.05, 0) is 59.7 Å². The summed E-state index contributed by atoms with van der Waals surface area (Å²) in [6.07, 6.45) is 0. The molecular formula is C36H22BNO2. The van der Waals surface area contributed by atoms with E-state index in [1.165, 1.54) is 33.0 Å². The van der Waals surface area contributed by atoms with Crippen LogP contribution in [0.1, 0.15) is 0 Å². The second-order valence-corrected chi connectivity index (χ2v) is 10.5. The molecule has 40 heavy (non-hydrogen) atoms. The van der Waals surface area contributed by atoms with Crippen LogP contribution in [0.25, 0.3) is 82.5 Å². The Morgan fingerprint density at radius 3 is 1.88 bits per heavy atom. The van der Waals surface area contributed by atoms with E-state index in [2.05, 4.69) is 122 Å². The standard InChI is InChI=1S/C36H22BNO2/c37-36-29(38-27-12-4-1-8-23(27)24-9-2-5-13-28(24)38)17-19-33-35(36)34-22(11-7-15-32(34)40-33)21-16-18-31-26(20-21)25-10-3-6-14-30(25)39-31/h1-20H,37H2. The van der Waals surface area contributed by atoms with E-state index >= 15 is 0 Å². The van der Waals surface area contributed by atoms with Gasteiger partial charge >= 0.3 is 0 Å². The Labute approximate surface area is 230 Å². The highest BCUT2D eigenvalue weighted by molar-refractivity contribution is 6.44. The summed E-state index contributed by atoms with van der Waals surface area (Å²) in [5.74, 6) is 0. The zero-order valence-corrected chi connectivity index (χ0v) is 21.8. The lowest BCUT2D eigenvalue weighted by molar-refractivity contribution is 0.669. The summed E-state index contributed by atoms with van der Waals surface area (Å²) in [5, 5.41) is 7.08. The van der Waals surface area contributed by atoms with E-state index in [0.717, 1.165) is 55.0 Å². The van der Waals surface area contributed by atoms with Crippen molar-refractivity contribution in [1.82, 2.24) is 4.57 Å². The number of fused-ring (bicyclic) bond motifs is 9. The number of hydrogen-bond donors (Lipinski definition) is 0. The van der Waals surface area contributed by atoms with Gasteiger partial charge in [-0.2, -0.15) is 0 Å². The number of hydrogen-bond acceptors (Lipinski definition) is 2. The van der Waals surface area contributed by atoms with Gasteiger partial charge in [0, 0.05) is 38.0 Å². The van der Waals surface area contributed by atoms with Crippen LogP contribution >= 0.6 is 0 Å². The predicted octanol–water partition coefficient (Wildman–Crippen LogP) is 8.51. The van der Waals surface area contributed by atoms with Crippen molar-refractivity contribution in [2.24, 2.45) is 0 Å². The molecule has 3 nitrogen and oxygen atoms in total. The van der Waals surface area contributed by atoms with Gasteiger partial charge in [-0.15, -0.1) is 0 Å². The molecule has 4 heteroatoms. The molecule has 3 heterocycles. The van der Waals surface area contributed by atoms with E-state index in [0.29, 0.717) is 0 Å². The minimum atomic E-state index is 0.895. The number of furan rings is 2. The van der Waals surface area contributed by atoms with E-state index < -0.39 is 0 Å². The summed E-state index contributed by atoms with van der Waals surface area (Å²) in [6.45, 7) is 0. The Kier molecular flexibility index (Phi) is 4.29. The molecule has 0 bridgehead atoms. The van der Waals surface area contributed by atoms with Gasteiger partial charge in [0.2, 0.25) is 0 Å². The molecule has 0 radical (unpaired) electrons. The van der Waals surface area contributed by atoms with Gasteiger partial charge in [0.15, 0.2) is 0 Å². The maximum absolute atomic E-state index is 6.46. The van der Waals surface area contributed by atoms with Gasteiger partial charge in [-0.1, -0.05) is 78.3 Å². The monoisotopic (exact) mass is 511 g/mol. The molecule has 3 aromatic heterocycles. The molecule has 0 aliphatic heterocycles. The molecule has 0 amide bonds. The molecule has 0 atom stereocenters. The SMILES string of the molecule is Bc1c(-n2c3ccccc3c3ccccc32)ccc2oc3cccc(-c4ccc5oc6ccccc6c5c4)c3c12. The number of para-hydroxylation sites is 3. The van der Waals surface area contributed by atoms with Crippen LogP contribution in [0, 0.1) is 0 Å². The van der Waals surface area contributed by atoms with E-state index in [4.69, 9.17) is 8.83 Å². The topological polar surface area (TPSA) is 31.2 Å². The molecule has 0 spiro atoms. The van der Waals surface area contributed by atoms with Crippen LogP contribution in [-0.2, 0) is 0 Å². The first-order valence-corrected chi connectivity index (χ1v) is 13.6. The van der Waals surface area contributed by atoms with Crippen LogP contribution in [0.15, 0.2) is 130 Å². The van der Waals surface area contributed by atoms with Crippen LogP contribution in [0.5, 0.6) is 0 Å². The predicted molar refractivity (Wildman–Crippen MR) is 169 cm³/mol. The summed E-state index contributed by atoms with van der Waals surface area (Å²) in [4.78, 5) is 0. The zero-order chi connectivity index (χ0) is 26.4. The van der Waals surface area contributed by atoms with Gasteiger partial charge in [-0.25, -0.2) is 0 Å². The number of aromatic nitrogens is 1. The van der Waals surface area contributed by atoms with E-state index in [-0.39, 0.29) is 0 Å². The van der Waals surface area contributed by atoms with Gasteiger partial charge in [0.05, 0.1) is 11.0 Å². The lowest BCUT2D eigenvalue weighted by atomic mass is 9.87. The molecule has 0 aliphatic carbocycles. The van der Waals surface area contributed by atoms with Gasteiger partial charge < -0.3 is 13.4 Å². The minimum Gasteiger partial charge on any atom is -0.456 e. The zero-order valence-electron chi connectivity index (χ0n) is 21.8. The number of benzene rings is 6. The third-order valence-corrected chi connectivity index (χ3v) is 8.40. The maximum atomic E-state index is 6.46. The van der Waals surface area contributed by atoms with Crippen LogP contribution in [0.2, 0.25) is 0 Å². The summed E-state index contributed by atoms with van der Waals surface area (Å²) in [6, 6.07) is 42.7. The maximum Gasteiger partial charge on any atom is 0.143 e. The summed E-state index contributed by atoms with van der Waals surface area (Å²) < 4.78 is 15.0. The molecule has 0 saturated heterocycles. The van der Waals surface area contributed by atoms with Crippen molar-refractivity contribution in [3.63, 3.8) is 0 Å². The highest BCUT2D eigenvalue weighted by Crippen LogP contribution is 2.40. The van der Waals surface area contributed by atoms with Crippen molar-refractivity contribution in [3.05, 3.63) is 121 Å². The lowest BCUT2D eigenvalue weighted by Gasteiger charge is -2.13. The summed E-state index contributed by atoms with van der Waals surface area (Å²) in [7, 11) is 2.22. The van der Waals surface area contributed by atoms with Crippen LogP contribution < -0.4 is 5.46 Å². The second-order valence-electron chi connectivity index (χ2n) is 10.5. The minimum absolute atomic E-state index is 0.895. The Morgan fingerprint density at radius 2 is 1.07 bits per heavy atom. The van der Waals surface area contributed by atoms with Gasteiger partial charge in [0.25, 0.3) is 0 Å². The molecule has 9 rings (SSSR count). The smallest absolute Gasteiger partial charge is 0.143 e. The normalized spacial score (nSPS) is 12.1. The summed E-state index contributed by atoms with van der Waals surface area (Å²) >= 11 is 0. The molecule has 186 valence electrons. The molecule has 9 aromatic rings. The Bertz CT molecular complexity index is 2400. The molecule has 0 fully saturated rings. The highest BCUT2D eigenvalue weighted by atomic mass is 16.3. The fourth-order valence-corrected chi connectivity index (χ4v) is 6.62.